The Balaban J connectivity index is 1.37. The predicted molar refractivity (Wildman–Crippen MR) is 107 cm³/mol. The van der Waals surface area contributed by atoms with E-state index < -0.39 is 11.6 Å². The van der Waals surface area contributed by atoms with Crippen LogP contribution in [0.5, 0.6) is 0 Å². The molecule has 0 aliphatic carbocycles. The maximum atomic E-state index is 13.9. The van der Waals surface area contributed by atoms with Crippen molar-refractivity contribution < 1.29 is 13.6 Å². The van der Waals surface area contributed by atoms with E-state index in [4.69, 9.17) is 5.73 Å². The first-order chi connectivity index (χ1) is 13.9. The van der Waals surface area contributed by atoms with E-state index in [1.54, 1.807) is 15.6 Å². The molecule has 29 heavy (non-hydrogen) atoms. The lowest BCUT2D eigenvalue weighted by molar-refractivity contribution is 0.0935. The van der Waals surface area contributed by atoms with E-state index in [9.17, 15) is 13.6 Å². The number of amides is 1. The van der Waals surface area contributed by atoms with E-state index in [0.717, 1.165) is 21.8 Å². The van der Waals surface area contributed by atoms with Crippen molar-refractivity contribution in [3.05, 3.63) is 52.7 Å². The molecule has 3 N–H and O–H groups in total. The van der Waals surface area contributed by atoms with Crippen molar-refractivity contribution in [3.8, 4) is 0 Å². The quantitative estimate of drug-likeness (QED) is 0.538. The maximum Gasteiger partial charge on any atom is 0.263 e. The molecule has 0 atom stereocenters. The molecule has 148 valence electrons. The fourth-order valence-electron chi connectivity index (χ4n) is 3.67. The lowest BCUT2D eigenvalue weighted by Gasteiger charge is -2.41. The number of hydrogen-bond donors (Lipinski definition) is 2. The fraction of sp³-hybridized carbons (Fsp3) is 0.211. The van der Waals surface area contributed by atoms with Gasteiger partial charge in [0.05, 0.1) is 17.4 Å². The van der Waals surface area contributed by atoms with Gasteiger partial charge in [-0.3, -0.25) is 9.20 Å². The number of pyridine rings is 1. The number of hydrogen-bond acceptors (Lipinski definition) is 6. The van der Waals surface area contributed by atoms with Crippen LogP contribution >= 0.6 is 11.3 Å². The molecule has 10 heteroatoms. The van der Waals surface area contributed by atoms with Gasteiger partial charge in [-0.1, -0.05) is 6.07 Å². The van der Waals surface area contributed by atoms with Crippen molar-refractivity contribution in [1.82, 2.24) is 19.9 Å². The van der Waals surface area contributed by atoms with Crippen molar-refractivity contribution in [1.29, 1.82) is 0 Å². The Labute approximate surface area is 167 Å². The van der Waals surface area contributed by atoms with Crippen molar-refractivity contribution in [3.63, 3.8) is 0 Å². The summed E-state index contributed by atoms with van der Waals surface area (Å²) in [6.45, 7) is 2.70. The number of nitrogens with zero attached hydrogens (tertiary/aromatic N) is 4. The number of nitrogens with two attached hydrogens (primary N) is 1. The number of aryl methyl sites for hydroxylation is 1. The van der Waals surface area contributed by atoms with E-state index in [-0.39, 0.29) is 17.6 Å². The molecule has 1 aliphatic rings. The Kier molecular flexibility index (Phi) is 3.91. The summed E-state index contributed by atoms with van der Waals surface area (Å²) in [7, 11) is 0. The van der Waals surface area contributed by atoms with E-state index in [2.05, 4.69) is 15.5 Å². The molecule has 7 nitrogen and oxygen atoms in total. The average Bonchev–Trinajstić information content (AvgIpc) is 3.25. The Morgan fingerprint density at radius 2 is 2.14 bits per heavy atom. The predicted octanol–water partition coefficient (Wildman–Crippen LogP) is 2.73. The molecule has 1 amide bonds. The SMILES string of the molecule is Cc1cc2nncn2c2sc(C(=O)NC3CN(c4cccc(F)c4F)C3)c(N)c12. The molecule has 5 rings (SSSR count). The summed E-state index contributed by atoms with van der Waals surface area (Å²) >= 11 is 1.28. The molecule has 1 aliphatic heterocycles. The van der Waals surface area contributed by atoms with Crippen LogP contribution in [0.1, 0.15) is 15.2 Å². The van der Waals surface area contributed by atoms with E-state index in [1.165, 1.54) is 23.5 Å². The number of nitrogen functional groups attached to an aromatic ring is 1. The minimum atomic E-state index is -0.885. The molecule has 0 bridgehead atoms. The standard InChI is InChI=1S/C19H16F2N6OS/c1-9-5-13-25-23-8-27(13)19-14(9)16(22)17(29-19)18(28)24-10-6-26(7-10)12-4-2-3-11(20)15(12)21/h2-5,8,10H,6-7,22H2,1H3,(H,24,28). The number of carbonyl (C=O) groups is 1. The van der Waals surface area contributed by atoms with Gasteiger partial charge in [0, 0.05) is 18.5 Å². The number of halogens is 2. The van der Waals surface area contributed by atoms with E-state index in [1.807, 2.05) is 13.0 Å². The smallest absolute Gasteiger partial charge is 0.263 e. The number of fused-ring (bicyclic) bond motifs is 3. The van der Waals surface area contributed by atoms with Crippen LogP contribution in [0.2, 0.25) is 0 Å². The zero-order valence-electron chi connectivity index (χ0n) is 15.3. The summed E-state index contributed by atoms with van der Waals surface area (Å²) in [5.41, 5.74) is 8.51. The summed E-state index contributed by atoms with van der Waals surface area (Å²) in [5, 5.41) is 11.7. The molecule has 1 saturated heterocycles. The number of aromatic nitrogens is 3. The number of rotatable bonds is 3. The minimum Gasteiger partial charge on any atom is -0.397 e. The lowest BCUT2D eigenvalue weighted by atomic mass is 10.1. The van der Waals surface area contributed by atoms with Crippen molar-refractivity contribution in [2.45, 2.75) is 13.0 Å². The van der Waals surface area contributed by atoms with Crippen LogP contribution < -0.4 is 16.0 Å². The van der Waals surface area contributed by atoms with Crippen LogP contribution in [0, 0.1) is 18.6 Å². The topological polar surface area (TPSA) is 88.6 Å². The van der Waals surface area contributed by atoms with Crippen LogP contribution in [0.3, 0.4) is 0 Å². The Morgan fingerprint density at radius 1 is 1.34 bits per heavy atom. The first-order valence-corrected chi connectivity index (χ1v) is 9.77. The highest BCUT2D eigenvalue weighted by molar-refractivity contribution is 7.21. The normalized spacial score (nSPS) is 14.5. The Bertz CT molecular complexity index is 1280. The molecule has 4 heterocycles. The number of carbonyl (C=O) groups excluding carboxylic acids is 1. The number of nitrogens with one attached hydrogen (secondary N) is 1. The molecule has 0 unspecified atom stereocenters. The van der Waals surface area contributed by atoms with Gasteiger partial charge in [-0.2, -0.15) is 0 Å². The molecule has 4 aromatic rings. The van der Waals surface area contributed by atoms with Crippen molar-refractivity contribution in [2.75, 3.05) is 23.7 Å². The van der Waals surface area contributed by atoms with Crippen LogP contribution in [0.15, 0.2) is 30.6 Å². The molecule has 0 spiro atoms. The highest BCUT2D eigenvalue weighted by Gasteiger charge is 2.32. The largest absolute Gasteiger partial charge is 0.397 e. The third-order valence-electron chi connectivity index (χ3n) is 5.15. The summed E-state index contributed by atoms with van der Waals surface area (Å²) in [6.07, 6.45) is 1.59. The summed E-state index contributed by atoms with van der Waals surface area (Å²) in [4.78, 5) is 15.7. The van der Waals surface area contributed by atoms with Crippen LogP contribution in [-0.4, -0.2) is 39.6 Å². The minimum absolute atomic E-state index is 0.175. The van der Waals surface area contributed by atoms with Gasteiger partial charge in [0.25, 0.3) is 5.91 Å². The third kappa shape index (κ3) is 2.70. The first-order valence-electron chi connectivity index (χ1n) is 8.95. The van der Waals surface area contributed by atoms with E-state index >= 15 is 0 Å². The first kappa shape index (κ1) is 17.8. The van der Waals surface area contributed by atoms with Gasteiger partial charge >= 0.3 is 0 Å². The number of anilines is 2. The number of thiophene rings is 1. The van der Waals surface area contributed by atoms with Crippen LogP contribution in [0.4, 0.5) is 20.2 Å². The maximum absolute atomic E-state index is 13.9. The lowest BCUT2D eigenvalue weighted by Crippen LogP contribution is -2.59. The molecule has 1 fully saturated rings. The average molecular weight is 414 g/mol. The zero-order valence-corrected chi connectivity index (χ0v) is 16.1. The van der Waals surface area contributed by atoms with Gasteiger partial charge in [-0.25, -0.2) is 8.78 Å². The second-order valence-electron chi connectivity index (χ2n) is 7.06. The Morgan fingerprint density at radius 3 is 2.93 bits per heavy atom. The highest BCUT2D eigenvalue weighted by atomic mass is 32.1. The van der Waals surface area contributed by atoms with E-state index in [0.29, 0.717) is 29.3 Å². The van der Waals surface area contributed by atoms with Gasteiger partial charge in [-0.15, -0.1) is 21.5 Å². The Hall–Kier alpha value is -3.27. The van der Waals surface area contributed by atoms with Crippen molar-refractivity contribution in [2.24, 2.45) is 0 Å². The van der Waals surface area contributed by atoms with Gasteiger partial charge in [0.15, 0.2) is 17.3 Å². The van der Waals surface area contributed by atoms with Crippen LogP contribution in [0.25, 0.3) is 15.9 Å². The third-order valence-corrected chi connectivity index (χ3v) is 6.36. The monoisotopic (exact) mass is 414 g/mol. The molecular weight excluding hydrogens is 398 g/mol. The van der Waals surface area contributed by atoms with Crippen LogP contribution in [-0.2, 0) is 0 Å². The molecule has 3 aromatic heterocycles. The van der Waals surface area contributed by atoms with Gasteiger partial charge in [0.1, 0.15) is 16.0 Å². The van der Waals surface area contributed by atoms with Gasteiger partial charge < -0.3 is 16.0 Å². The van der Waals surface area contributed by atoms with Gasteiger partial charge in [-0.05, 0) is 30.7 Å². The van der Waals surface area contributed by atoms with Crippen molar-refractivity contribution >= 4 is 44.5 Å². The fourth-order valence-corrected chi connectivity index (χ4v) is 4.84. The summed E-state index contributed by atoms with van der Waals surface area (Å²) in [6, 6.07) is 5.76. The summed E-state index contributed by atoms with van der Waals surface area (Å²) in [5.74, 6) is -2.04. The second-order valence-corrected chi connectivity index (χ2v) is 8.06. The van der Waals surface area contributed by atoms with Gasteiger partial charge in [0.2, 0.25) is 0 Å². The molecule has 0 saturated carbocycles. The molecule has 0 radical (unpaired) electrons. The number of benzene rings is 1. The zero-order chi connectivity index (χ0) is 20.3. The second kappa shape index (κ2) is 6.38. The summed E-state index contributed by atoms with van der Waals surface area (Å²) < 4.78 is 29.1. The highest BCUT2D eigenvalue weighted by Crippen LogP contribution is 2.36. The molecular formula is C19H16F2N6OS. The molecule has 1 aromatic carbocycles.